The molecule has 18 heavy (non-hydrogen) atoms. The van der Waals surface area contributed by atoms with Gasteiger partial charge < -0.3 is 10.5 Å². The molecule has 0 bridgehead atoms. The highest BCUT2D eigenvalue weighted by Crippen LogP contribution is 2.15. The van der Waals surface area contributed by atoms with Crippen LogP contribution in [0.4, 0.5) is 14.9 Å². The first-order valence-electron chi connectivity index (χ1n) is 5.33. The van der Waals surface area contributed by atoms with E-state index in [1.54, 1.807) is 20.8 Å². The Balaban J connectivity index is 2.78. The van der Waals surface area contributed by atoms with E-state index in [0.717, 1.165) is 6.07 Å². The second-order valence-electron chi connectivity index (χ2n) is 4.74. The Bertz CT molecular complexity index is 481. The average Bonchev–Trinajstić information content (AvgIpc) is 2.13. The maximum absolute atomic E-state index is 13.5. The normalized spacial score (nSPS) is 10.9. The number of nitrogens with one attached hydrogen (secondary N) is 2. The van der Waals surface area contributed by atoms with Crippen LogP contribution in [0.3, 0.4) is 0 Å². The summed E-state index contributed by atoms with van der Waals surface area (Å²) in [7, 11) is 0. The molecule has 0 fully saturated rings. The van der Waals surface area contributed by atoms with Gasteiger partial charge in [-0.1, -0.05) is 0 Å². The van der Waals surface area contributed by atoms with Crippen molar-refractivity contribution in [1.29, 1.82) is 5.41 Å². The Morgan fingerprint density at radius 3 is 2.50 bits per heavy atom. The summed E-state index contributed by atoms with van der Waals surface area (Å²) in [5.74, 6) is -1.03. The molecule has 0 radical (unpaired) electrons. The summed E-state index contributed by atoms with van der Waals surface area (Å²) >= 11 is 0. The van der Waals surface area contributed by atoms with Gasteiger partial charge in [0.05, 0.1) is 5.56 Å². The van der Waals surface area contributed by atoms with Gasteiger partial charge in [0.2, 0.25) is 0 Å². The minimum Gasteiger partial charge on any atom is -0.444 e. The zero-order chi connectivity index (χ0) is 13.9. The second-order valence-corrected chi connectivity index (χ2v) is 4.74. The number of amidine groups is 1. The first-order valence-corrected chi connectivity index (χ1v) is 5.33. The average molecular weight is 253 g/mol. The van der Waals surface area contributed by atoms with Crippen LogP contribution in [-0.2, 0) is 4.74 Å². The van der Waals surface area contributed by atoms with Crippen LogP contribution in [0.5, 0.6) is 0 Å². The lowest BCUT2D eigenvalue weighted by molar-refractivity contribution is 0.0636. The van der Waals surface area contributed by atoms with E-state index in [1.165, 1.54) is 12.1 Å². The zero-order valence-electron chi connectivity index (χ0n) is 10.5. The summed E-state index contributed by atoms with van der Waals surface area (Å²) in [6.45, 7) is 5.18. The van der Waals surface area contributed by atoms with Gasteiger partial charge in [0, 0.05) is 5.69 Å². The number of anilines is 1. The van der Waals surface area contributed by atoms with Crippen LogP contribution < -0.4 is 11.1 Å². The van der Waals surface area contributed by atoms with E-state index < -0.39 is 17.5 Å². The van der Waals surface area contributed by atoms with E-state index >= 15 is 0 Å². The van der Waals surface area contributed by atoms with Crippen LogP contribution in [0.2, 0.25) is 0 Å². The molecule has 0 aromatic heterocycles. The van der Waals surface area contributed by atoms with Gasteiger partial charge in [-0.15, -0.1) is 0 Å². The summed E-state index contributed by atoms with van der Waals surface area (Å²) in [4.78, 5) is 11.4. The van der Waals surface area contributed by atoms with E-state index in [4.69, 9.17) is 15.9 Å². The lowest BCUT2D eigenvalue weighted by Crippen LogP contribution is -2.27. The van der Waals surface area contributed by atoms with Crippen LogP contribution in [0.25, 0.3) is 0 Å². The molecule has 0 atom stereocenters. The van der Waals surface area contributed by atoms with Gasteiger partial charge in [-0.2, -0.15) is 0 Å². The monoisotopic (exact) mass is 253 g/mol. The summed E-state index contributed by atoms with van der Waals surface area (Å²) in [5, 5.41) is 9.53. The molecule has 0 aliphatic rings. The van der Waals surface area contributed by atoms with E-state index in [9.17, 15) is 9.18 Å². The number of amides is 1. The highest BCUT2D eigenvalue weighted by Gasteiger charge is 2.16. The van der Waals surface area contributed by atoms with Gasteiger partial charge >= 0.3 is 6.09 Å². The topological polar surface area (TPSA) is 88.2 Å². The Kier molecular flexibility index (Phi) is 3.90. The Labute approximate surface area is 105 Å². The number of benzene rings is 1. The fourth-order valence-corrected chi connectivity index (χ4v) is 1.23. The highest BCUT2D eigenvalue weighted by molar-refractivity contribution is 5.96. The molecular formula is C12H16FN3O2. The Morgan fingerprint density at radius 2 is 2.06 bits per heavy atom. The van der Waals surface area contributed by atoms with Gasteiger partial charge in [-0.25, -0.2) is 9.18 Å². The molecule has 6 heteroatoms. The second kappa shape index (κ2) is 5.03. The minimum atomic E-state index is -0.670. The van der Waals surface area contributed by atoms with Crippen molar-refractivity contribution >= 4 is 17.6 Å². The van der Waals surface area contributed by atoms with Crippen LogP contribution >= 0.6 is 0 Å². The van der Waals surface area contributed by atoms with Crippen LogP contribution in [0.15, 0.2) is 18.2 Å². The molecule has 1 rings (SSSR count). The number of rotatable bonds is 2. The molecule has 0 aliphatic carbocycles. The van der Waals surface area contributed by atoms with Gasteiger partial charge in [0.1, 0.15) is 17.3 Å². The molecule has 4 N–H and O–H groups in total. The maximum Gasteiger partial charge on any atom is 0.412 e. The number of hydrogen-bond donors (Lipinski definition) is 3. The lowest BCUT2D eigenvalue weighted by Gasteiger charge is -2.19. The number of nitrogen functional groups attached to an aromatic ring is 1. The van der Waals surface area contributed by atoms with Crippen molar-refractivity contribution in [2.45, 2.75) is 26.4 Å². The van der Waals surface area contributed by atoms with Crippen molar-refractivity contribution in [3.8, 4) is 0 Å². The van der Waals surface area contributed by atoms with Crippen molar-refractivity contribution in [3.63, 3.8) is 0 Å². The molecule has 1 amide bonds. The predicted molar refractivity (Wildman–Crippen MR) is 67.3 cm³/mol. The van der Waals surface area contributed by atoms with E-state index in [0.29, 0.717) is 0 Å². The predicted octanol–water partition coefficient (Wildman–Crippen LogP) is 2.46. The molecule has 98 valence electrons. The molecule has 0 aliphatic heterocycles. The van der Waals surface area contributed by atoms with Crippen molar-refractivity contribution in [3.05, 3.63) is 29.6 Å². The molecule has 0 saturated carbocycles. The van der Waals surface area contributed by atoms with Crippen molar-refractivity contribution in [2.24, 2.45) is 5.73 Å². The van der Waals surface area contributed by atoms with Crippen LogP contribution in [-0.4, -0.2) is 17.5 Å². The third-order valence-electron chi connectivity index (χ3n) is 1.90. The van der Waals surface area contributed by atoms with E-state index in [1.807, 2.05) is 0 Å². The molecule has 1 aromatic carbocycles. The first-order chi connectivity index (χ1) is 8.19. The van der Waals surface area contributed by atoms with Gasteiger partial charge in [0.15, 0.2) is 0 Å². The molecule has 0 saturated heterocycles. The largest absolute Gasteiger partial charge is 0.444 e. The van der Waals surface area contributed by atoms with Gasteiger partial charge in [-0.05, 0) is 39.0 Å². The fourth-order valence-electron chi connectivity index (χ4n) is 1.23. The number of ether oxygens (including phenoxy) is 1. The first kappa shape index (κ1) is 14.0. The summed E-state index contributed by atoms with van der Waals surface area (Å²) in [6.07, 6.45) is -0.669. The number of carbonyl (C=O) groups excluding carboxylic acids is 1. The third-order valence-corrected chi connectivity index (χ3v) is 1.90. The quantitative estimate of drug-likeness (QED) is 0.558. The summed E-state index contributed by atoms with van der Waals surface area (Å²) in [5.41, 5.74) is 4.79. The van der Waals surface area contributed by atoms with Gasteiger partial charge in [-0.3, -0.25) is 10.7 Å². The molecule has 0 unspecified atom stereocenters. The molecular weight excluding hydrogens is 237 g/mol. The number of nitrogens with two attached hydrogens (primary N) is 1. The fraction of sp³-hybridized carbons (Fsp3) is 0.333. The third kappa shape index (κ3) is 4.04. The molecule has 0 spiro atoms. The summed E-state index contributed by atoms with van der Waals surface area (Å²) in [6, 6.07) is 3.86. The number of carbonyl (C=O) groups is 1. The molecule has 0 heterocycles. The smallest absolute Gasteiger partial charge is 0.412 e. The highest BCUT2D eigenvalue weighted by atomic mass is 19.1. The van der Waals surface area contributed by atoms with Crippen LogP contribution in [0.1, 0.15) is 26.3 Å². The maximum atomic E-state index is 13.5. The Morgan fingerprint density at radius 1 is 1.44 bits per heavy atom. The number of halogens is 1. The SMILES string of the molecule is CC(C)(C)OC(=O)Nc1ccc(C(=N)N)c(F)c1. The molecule has 1 aromatic rings. The molecule has 5 nitrogen and oxygen atoms in total. The van der Waals surface area contributed by atoms with E-state index in [2.05, 4.69) is 5.32 Å². The number of hydrogen-bond acceptors (Lipinski definition) is 3. The summed E-state index contributed by atoms with van der Waals surface area (Å²) < 4.78 is 18.5. The Hall–Kier alpha value is -2.11. The van der Waals surface area contributed by atoms with Gasteiger partial charge in [0.25, 0.3) is 0 Å². The van der Waals surface area contributed by atoms with E-state index in [-0.39, 0.29) is 17.1 Å². The lowest BCUT2D eigenvalue weighted by atomic mass is 10.2. The standard InChI is InChI=1S/C12H16FN3O2/c1-12(2,3)18-11(17)16-7-4-5-8(10(14)15)9(13)6-7/h4-6H,1-3H3,(H3,14,15)(H,16,17). The van der Waals surface area contributed by atoms with Crippen molar-refractivity contribution < 1.29 is 13.9 Å². The zero-order valence-corrected chi connectivity index (χ0v) is 10.5. The van der Waals surface area contributed by atoms with Crippen LogP contribution in [0, 0.1) is 11.2 Å². The van der Waals surface area contributed by atoms with Crippen molar-refractivity contribution in [1.82, 2.24) is 0 Å². The minimum absolute atomic E-state index is 0.00950. The van der Waals surface area contributed by atoms with Crippen molar-refractivity contribution in [2.75, 3.05) is 5.32 Å².